The van der Waals surface area contributed by atoms with Crippen molar-refractivity contribution in [3.63, 3.8) is 0 Å². The van der Waals surface area contributed by atoms with Gasteiger partial charge in [0.2, 0.25) is 0 Å². The van der Waals surface area contributed by atoms with Gasteiger partial charge in [0.15, 0.2) is 0 Å². The Kier molecular flexibility index (Phi) is 5.37. The summed E-state index contributed by atoms with van der Waals surface area (Å²) in [6, 6.07) is 7.46. The van der Waals surface area contributed by atoms with Gasteiger partial charge in [0.05, 0.1) is 11.6 Å². The minimum absolute atomic E-state index is 0.0857. The average Bonchev–Trinajstić information content (AvgIpc) is 3.04. The number of H-pyrrole nitrogens is 1. The first-order valence-corrected chi connectivity index (χ1v) is 7.39. The zero-order chi connectivity index (χ0) is 15.1. The Morgan fingerprint density at radius 2 is 2.14 bits per heavy atom. The number of hydrogen-bond acceptors (Lipinski definition) is 3. The van der Waals surface area contributed by atoms with E-state index in [1.54, 1.807) is 12.4 Å². The van der Waals surface area contributed by atoms with E-state index in [1.807, 2.05) is 31.2 Å². The van der Waals surface area contributed by atoms with Crippen LogP contribution < -0.4 is 10.6 Å². The van der Waals surface area contributed by atoms with Crippen LogP contribution >= 0.6 is 0 Å². The molecule has 1 aromatic carbocycles. The molecule has 0 aliphatic rings. The van der Waals surface area contributed by atoms with Gasteiger partial charge < -0.3 is 15.6 Å². The highest BCUT2D eigenvalue weighted by Gasteiger charge is 2.17. The largest absolute Gasteiger partial charge is 0.384 e. The summed E-state index contributed by atoms with van der Waals surface area (Å²) in [7, 11) is 0. The van der Waals surface area contributed by atoms with E-state index in [-0.39, 0.29) is 11.9 Å². The third-order valence-electron chi connectivity index (χ3n) is 3.30. The lowest BCUT2D eigenvalue weighted by atomic mass is 10.1. The number of imidazole rings is 1. The minimum Gasteiger partial charge on any atom is -0.384 e. The lowest BCUT2D eigenvalue weighted by Crippen LogP contribution is -2.29. The highest BCUT2D eigenvalue weighted by atomic mass is 16.1. The Labute approximate surface area is 125 Å². The first-order valence-electron chi connectivity index (χ1n) is 7.39. The van der Waals surface area contributed by atoms with Gasteiger partial charge in [0.1, 0.15) is 5.82 Å². The monoisotopic (exact) mass is 286 g/mol. The van der Waals surface area contributed by atoms with Gasteiger partial charge in [-0.3, -0.25) is 4.79 Å². The van der Waals surface area contributed by atoms with Crippen molar-refractivity contribution in [2.75, 3.05) is 11.9 Å². The van der Waals surface area contributed by atoms with E-state index in [9.17, 15) is 4.79 Å². The first-order chi connectivity index (χ1) is 10.3. The fourth-order valence-electron chi connectivity index (χ4n) is 2.16. The molecule has 3 N–H and O–H groups in total. The van der Waals surface area contributed by atoms with E-state index in [0.29, 0.717) is 5.56 Å². The molecule has 5 heteroatoms. The van der Waals surface area contributed by atoms with Gasteiger partial charge in [-0.25, -0.2) is 4.98 Å². The SMILES string of the molecule is CCCNc1ccccc1C(=O)NC(CC)c1ncc[nH]1. The Morgan fingerprint density at radius 1 is 1.33 bits per heavy atom. The van der Waals surface area contributed by atoms with Crippen LogP contribution in [0.2, 0.25) is 0 Å². The number of amides is 1. The predicted molar refractivity (Wildman–Crippen MR) is 84.3 cm³/mol. The van der Waals surface area contributed by atoms with Crippen molar-refractivity contribution in [3.8, 4) is 0 Å². The van der Waals surface area contributed by atoms with Gasteiger partial charge in [-0.1, -0.05) is 26.0 Å². The van der Waals surface area contributed by atoms with Gasteiger partial charge in [0.25, 0.3) is 5.91 Å². The molecule has 21 heavy (non-hydrogen) atoms. The van der Waals surface area contributed by atoms with Crippen LogP contribution in [0.25, 0.3) is 0 Å². The third kappa shape index (κ3) is 3.84. The molecule has 0 radical (unpaired) electrons. The molecular weight excluding hydrogens is 264 g/mol. The zero-order valence-electron chi connectivity index (χ0n) is 12.5. The number of hydrogen-bond donors (Lipinski definition) is 3. The Balaban J connectivity index is 2.12. The molecule has 0 saturated heterocycles. The number of rotatable bonds is 7. The maximum Gasteiger partial charge on any atom is 0.253 e. The second-order valence-electron chi connectivity index (χ2n) is 4.88. The van der Waals surface area contributed by atoms with Crippen LogP contribution in [0.3, 0.4) is 0 Å². The highest BCUT2D eigenvalue weighted by Crippen LogP contribution is 2.18. The Hall–Kier alpha value is -2.30. The van der Waals surface area contributed by atoms with Gasteiger partial charge in [0, 0.05) is 24.6 Å². The first kappa shape index (κ1) is 15.1. The van der Waals surface area contributed by atoms with Gasteiger partial charge >= 0.3 is 0 Å². The topological polar surface area (TPSA) is 69.8 Å². The number of carbonyl (C=O) groups excluding carboxylic acids is 1. The van der Waals surface area contributed by atoms with Crippen molar-refractivity contribution in [2.45, 2.75) is 32.7 Å². The van der Waals surface area contributed by atoms with E-state index in [0.717, 1.165) is 30.9 Å². The van der Waals surface area contributed by atoms with Crippen molar-refractivity contribution < 1.29 is 4.79 Å². The summed E-state index contributed by atoms with van der Waals surface area (Å²) in [4.78, 5) is 19.8. The summed E-state index contributed by atoms with van der Waals surface area (Å²) in [6.45, 7) is 4.97. The summed E-state index contributed by atoms with van der Waals surface area (Å²) in [6.07, 6.45) is 5.26. The number of nitrogens with zero attached hydrogens (tertiary/aromatic N) is 1. The van der Waals surface area contributed by atoms with Crippen LogP contribution in [0.5, 0.6) is 0 Å². The highest BCUT2D eigenvalue weighted by molar-refractivity contribution is 5.99. The smallest absolute Gasteiger partial charge is 0.253 e. The maximum atomic E-state index is 12.5. The van der Waals surface area contributed by atoms with Crippen molar-refractivity contribution >= 4 is 11.6 Å². The van der Waals surface area contributed by atoms with Crippen LogP contribution in [0.1, 0.15) is 48.9 Å². The Bertz CT molecular complexity index is 565. The summed E-state index contributed by atoms with van der Waals surface area (Å²) >= 11 is 0. The maximum absolute atomic E-state index is 12.5. The van der Waals surface area contributed by atoms with Crippen molar-refractivity contribution in [1.29, 1.82) is 0 Å². The molecule has 5 nitrogen and oxygen atoms in total. The summed E-state index contributed by atoms with van der Waals surface area (Å²) in [5, 5.41) is 6.32. The van der Waals surface area contributed by atoms with Crippen LogP contribution in [0, 0.1) is 0 Å². The van der Waals surface area contributed by atoms with Crippen molar-refractivity contribution in [2.24, 2.45) is 0 Å². The van der Waals surface area contributed by atoms with E-state index in [2.05, 4.69) is 27.5 Å². The van der Waals surface area contributed by atoms with E-state index in [4.69, 9.17) is 0 Å². The van der Waals surface area contributed by atoms with Crippen molar-refractivity contribution in [3.05, 3.63) is 48.0 Å². The van der Waals surface area contributed by atoms with Gasteiger partial charge in [-0.05, 0) is 25.0 Å². The lowest BCUT2D eigenvalue weighted by molar-refractivity contribution is 0.0934. The molecular formula is C16H22N4O. The number of aromatic amines is 1. The fourth-order valence-corrected chi connectivity index (χ4v) is 2.16. The third-order valence-corrected chi connectivity index (χ3v) is 3.30. The molecule has 112 valence electrons. The normalized spacial score (nSPS) is 11.9. The number of carbonyl (C=O) groups is 1. The van der Waals surface area contributed by atoms with E-state index in [1.165, 1.54) is 0 Å². The number of anilines is 1. The summed E-state index contributed by atoms with van der Waals surface area (Å²) in [5.74, 6) is 0.697. The zero-order valence-corrected chi connectivity index (χ0v) is 12.5. The lowest BCUT2D eigenvalue weighted by Gasteiger charge is -2.17. The second-order valence-corrected chi connectivity index (χ2v) is 4.88. The molecule has 1 atom stereocenters. The quantitative estimate of drug-likeness (QED) is 0.732. The van der Waals surface area contributed by atoms with E-state index < -0.39 is 0 Å². The van der Waals surface area contributed by atoms with Gasteiger partial charge in [-0.2, -0.15) is 0 Å². The second kappa shape index (κ2) is 7.47. The van der Waals surface area contributed by atoms with Crippen LogP contribution in [0.15, 0.2) is 36.7 Å². The Morgan fingerprint density at radius 3 is 2.81 bits per heavy atom. The van der Waals surface area contributed by atoms with Gasteiger partial charge in [-0.15, -0.1) is 0 Å². The van der Waals surface area contributed by atoms with E-state index >= 15 is 0 Å². The molecule has 2 aromatic rings. The molecule has 0 saturated carbocycles. The van der Waals surface area contributed by atoms with Crippen LogP contribution in [0.4, 0.5) is 5.69 Å². The standard InChI is InChI=1S/C16H22N4O/c1-3-9-17-14-8-6-5-7-12(14)16(21)20-13(4-2)15-18-10-11-19-15/h5-8,10-11,13,17H,3-4,9H2,1-2H3,(H,18,19)(H,20,21). The molecule has 1 unspecified atom stereocenters. The van der Waals surface area contributed by atoms with Crippen molar-refractivity contribution in [1.82, 2.24) is 15.3 Å². The van der Waals surface area contributed by atoms with Crippen LogP contribution in [-0.2, 0) is 0 Å². The summed E-state index contributed by atoms with van der Waals surface area (Å²) in [5.41, 5.74) is 1.53. The predicted octanol–water partition coefficient (Wildman–Crippen LogP) is 3.11. The molecule has 0 fully saturated rings. The molecule has 0 aliphatic carbocycles. The number of benzene rings is 1. The molecule has 0 spiro atoms. The molecule has 0 bridgehead atoms. The minimum atomic E-state index is -0.105. The molecule has 0 aliphatic heterocycles. The molecule has 1 aromatic heterocycles. The number of aromatic nitrogens is 2. The number of para-hydroxylation sites is 1. The fraction of sp³-hybridized carbons (Fsp3) is 0.375. The van der Waals surface area contributed by atoms with Crippen LogP contribution in [-0.4, -0.2) is 22.4 Å². The average molecular weight is 286 g/mol. The summed E-state index contributed by atoms with van der Waals surface area (Å²) < 4.78 is 0. The molecule has 1 heterocycles. The number of nitrogens with one attached hydrogen (secondary N) is 3. The molecule has 1 amide bonds. The molecule has 2 rings (SSSR count).